The Labute approximate surface area is 119 Å². The fourth-order valence-electron chi connectivity index (χ4n) is 1.76. The molecule has 1 atom stereocenters. The number of carboxylic acids is 1. The molecule has 0 saturated carbocycles. The lowest BCUT2D eigenvalue weighted by atomic mass is 10.1. The number of benzene rings is 1. The highest BCUT2D eigenvalue weighted by atomic mass is 16.5. The third kappa shape index (κ3) is 3.98. The Kier molecular flexibility index (Phi) is 5.55. The maximum absolute atomic E-state index is 12.3. The number of carboxylic acid groups (broad SMARTS) is 1. The number of carbonyl (C=O) groups is 2. The molecule has 1 aromatic carbocycles. The van der Waals surface area contributed by atoms with Gasteiger partial charge in [0, 0.05) is 24.2 Å². The van der Waals surface area contributed by atoms with Crippen LogP contribution in [0, 0.1) is 11.8 Å². The molecule has 1 rings (SSSR count). The van der Waals surface area contributed by atoms with E-state index < -0.39 is 11.9 Å². The third-order valence-corrected chi connectivity index (χ3v) is 3.00. The van der Waals surface area contributed by atoms with E-state index in [1.54, 1.807) is 52.1 Å². The average molecular weight is 279 g/mol. The number of ether oxygens (including phenoxy) is 1. The molecule has 5 nitrogen and oxygen atoms in total. The fourth-order valence-corrected chi connectivity index (χ4v) is 1.76. The van der Waals surface area contributed by atoms with Gasteiger partial charge in [0.2, 0.25) is 5.91 Å². The fraction of sp³-hybridized carbons (Fsp3) is 0.467. The molecule has 0 aliphatic carbocycles. The van der Waals surface area contributed by atoms with E-state index in [9.17, 15) is 9.59 Å². The van der Waals surface area contributed by atoms with Crippen molar-refractivity contribution in [1.29, 1.82) is 0 Å². The Morgan fingerprint density at radius 2 is 1.95 bits per heavy atom. The second-order valence-electron chi connectivity index (χ2n) is 5.04. The number of rotatable bonds is 6. The molecule has 1 N–H and O–H groups in total. The van der Waals surface area contributed by atoms with Crippen molar-refractivity contribution in [2.75, 3.05) is 18.6 Å². The topological polar surface area (TPSA) is 66.8 Å². The number of carbonyl (C=O) groups excluding carboxylic acids is 1. The molecular weight excluding hydrogens is 258 g/mol. The molecule has 0 aromatic heterocycles. The van der Waals surface area contributed by atoms with E-state index in [4.69, 9.17) is 9.84 Å². The minimum absolute atomic E-state index is 0.105. The number of amides is 1. The van der Waals surface area contributed by atoms with Crippen LogP contribution in [-0.2, 0) is 9.59 Å². The summed E-state index contributed by atoms with van der Waals surface area (Å²) in [5, 5.41) is 9.04. The van der Waals surface area contributed by atoms with Crippen molar-refractivity contribution < 1.29 is 19.4 Å². The Balaban J connectivity index is 3.08. The van der Waals surface area contributed by atoms with Crippen LogP contribution in [0.25, 0.3) is 0 Å². The Morgan fingerprint density at radius 3 is 2.45 bits per heavy atom. The molecule has 5 heteroatoms. The summed E-state index contributed by atoms with van der Waals surface area (Å²) in [5.41, 5.74) is 0.649. The molecule has 0 spiro atoms. The van der Waals surface area contributed by atoms with Gasteiger partial charge in [0.25, 0.3) is 0 Å². The van der Waals surface area contributed by atoms with Crippen LogP contribution in [0.2, 0.25) is 0 Å². The van der Waals surface area contributed by atoms with Gasteiger partial charge >= 0.3 is 5.97 Å². The molecule has 20 heavy (non-hydrogen) atoms. The maximum atomic E-state index is 12.3. The van der Waals surface area contributed by atoms with Crippen LogP contribution in [0.3, 0.4) is 0 Å². The lowest BCUT2D eigenvalue weighted by Crippen LogP contribution is -2.39. The Hall–Kier alpha value is -2.04. The molecule has 0 bridgehead atoms. The average Bonchev–Trinajstić information content (AvgIpc) is 2.43. The van der Waals surface area contributed by atoms with Crippen LogP contribution < -0.4 is 9.64 Å². The molecular formula is C15H21NO4. The number of aliphatic carboxylic acids is 1. The lowest BCUT2D eigenvalue weighted by Gasteiger charge is -2.26. The first-order valence-electron chi connectivity index (χ1n) is 6.55. The van der Waals surface area contributed by atoms with Crippen LogP contribution in [-0.4, -0.2) is 30.6 Å². The van der Waals surface area contributed by atoms with E-state index in [1.165, 1.54) is 4.90 Å². The van der Waals surface area contributed by atoms with Crippen LogP contribution in [0.1, 0.15) is 20.8 Å². The van der Waals surface area contributed by atoms with Crippen LogP contribution in [0.15, 0.2) is 24.3 Å². The first-order valence-corrected chi connectivity index (χ1v) is 6.55. The third-order valence-electron chi connectivity index (χ3n) is 3.00. The summed E-state index contributed by atoms with van der Waals surface area (Å²) < 4.78 is 5.14. The van der Waals surface area contributed by atoms with Gasteiger partial charge < -0.3 is 14.7 Å². The van der Waals surface area contributed by atoms with Crippen molar-refractivity contribution in [2.45, 2.75) is 20.8 Å². The first kappa shape index (κ1) is 16.0. The van der Waals surface area contributed by atoms with Crippen molar-refractivity contribution in [3.63, 3.8) is 0 Å². The first-order chi connectivity index (χ1) is 9.36. The van der Waals surface area contributed by atoms with Crippen LogP contribution in [0.5, 0.6) is 5.75 Å². The smallest absolute Gasteiger partial charge is 0.308 e. The second-order valence-corrected chi connectivity index (χ2v) is 5.04. The normalized spacial score (nSPS) is 12.1. The van der Waals surface area contributed by atoms with Crippen LogP contribution >= 0.6 is 0 Å². The van der Waals surface area contributed by atoms with Gasteiger partial charge in [0.15, 0.2) is 0 Å². The van der Waals surface area contributed by atoms with Gasteiger partial charge in [-0.25, -0.2) is 0 Å². The monoisotopic (exact) mass is 279 g/mol. The SMILES string of the molecule is COc1cccc(N(CC(C)C(=O)O)C(=O)C(C)C)c1. The highest BCUT2D eigenvalue weighted by Gasteiger charge is 2.24. The van der Waals surface area contributed by atoms with Crippen molar-refractivity contribution in [3.05, 3.63) is 24.3 Å². The summed E-state index contributed by atoms with van der Waals surface area (Å²) in [6.45, 7) is 5.31. The van der Waals surface area contributed by atoms with Crippen molar-refractivity contribution in [2.24, 2.45) is 11.8 Å². The van der Waals surface area contributed by atoms with E-state index in [2.05, 4.69) is 0 Å². The summed E-state index contributed by atoms with van der Waals surface area (Å²) in [5.74, 6) is -1.24. The van der Waals surface area contributed by atoms with E-state index in [0.717, 1.165) is 0 Å². The predicted octanol–water partition coefficient (Wildman–Crippen LogP) is 2.40. The zero-order valence-corrected chi connectivity index (χ0v) is 12.3. The van der Waals surface area contributed by atoms with E-state index in [-0.39, 0.29) is 18.4 Å². The molecule has 110 valence electrons. The summed E-state index contributed by atoms with van der Waals surface area (Å²) in [6.07, 6.45) is 0. The minimum atomic E-state index is -0.922. The number of methoxy groups -OCH3 is 1. The van der Waals surface area contributed by atoms with Gasteiger partial charge in [-0.15, -0.1) is 0 Å². The van der Waals surface area contributed by atoms with Gasteiger partial charge in [0.1, 0.15) is 5.75 Å². The van der Waals surface area contributed by atoms with Crippen molar-refractivity contribution >= 4 is 17.6 Å². The highest BCUT2D eigenvalue weighted by Crippen LogP contribution is 2.23. The summed E-state index contributed by atoms with van der Waals surface area (Å²) in [4.78, 5) is 24.8. The maximum Gasteiger partial charge on any atom is 0.308 e. The molecule has 0 radical (unpaired) electrons. The molecule has 0 saturated heterocycles. The molecule has 0 heterocycles. The zero-order valence-electron chi connectivity index (χ0n) is 12.3. The molecule has 1 unspecified atom stereocenters. The zero-order chi connectivity index (χ0) is 15.3. The van der Waals surface area contributed by atoms with Gasteiger partial charge in [-0.3, -0.25) is 9.59 Å². The standard InChI is InChI=1S/C15H21NO4/c1-10(2)14(17)16(9-11(3)15(18)19)12-6-5-7-13(8-12)20-4/h5-8,10-11H,9H2,1-4H3,(H,18,19). The molecule has 0 aliphatic rings. The summed E-state index contributed by atoms with van der Waals surface area (Å²) >= 11 is 0. The van der Waals surface area contributed by atoms with E-state index >= 15 is 0 Å². The van der Waals surface area contributed by atoms with Gasteiger partial charge in [-0.2, -0.15) is 0 Å². The number of hydrogen-bond acceptors (Lipinski definition) is 3. The molecule has 1 aromatic rings. The van der Waals surface area contributed by atoms with Gasteiger partial charge in [-0.1, -0.05) is 26.8 Å². The summed E-state index contributed by atoms with van der Waals surface area (Å²) in [6, 6.07) is 7.06. The predicted molar refractivity (Wildman–Crippen MR) is 77.0 cm³/mol. The minimum Gasteiger partial charge on any atom is -0.497 e. The second kappa shape index (κ2) is 6.93. The molecule has 1 amide bonds. The Morgan fingerprint density at radius 1 is 1.30 bits per heavy atom. The highest BCUT2D eigenvalue weighted by molar-refractivity contribution is 5.95. The number of anilines is 1. The quantitative estimate of drug-likeness (QED) is 0.868. The Bertz CT molecular complexity index is 485. The molecule has 0 fully saturated rings. The van der Waals surface area contributed by atoms with Crippen molar-refractivity contribution in [3.8, 4) is 5.75 Å². The van der Waals surface area contributed by atoms with Crippen LogP contribution in [0.4, 0.5) is 5.69 Å². The lowest BCUT2D eigenvalue weighted by molar-refractivity contribution is -0.140. The van der Waals surface area contributed by atoms with Gasteiger partial charge in [0.05, 0.1) is 13.0 Å². The molecule has 0 aliphatic heterocycles. The van der Waals surface area contributed by atoms with E-state index in [0.29, 0.717) is 11.4 Å². The number of hydrogen-bond donors (Lipinski definition) is 1. The van der Waals surface area contributed by atoms with E-state index in [1.807, 2.05) is 0 Å². The van der Waals surface area contributed by atoms with Crippen molar-refractivity contribution in [1.82, 2.24) is 0 Å². The van der Waals surface area contributed by atoms with Gasteiger partial charge in [-0.05, 0) is 12.1 Å². The largest absolute Gasteiger partial charge is 0.497 e. The summed E-state index contributed by atoms with van der Waals surface area (Å²) in [7, 11) is 1.55. The number of nitrogens with zero attached hydrogens (tertiary/aromatic N) is 1.